The highest BCUT2D eigenvalue weighted by molar-refractivity contribution is 7.09. The van der Waals surface area contributed by atoms with E-state index >= 15 is 0 Å². The Morgan fingerprint density at radius 3 is 2.94 bits per heavy atom. The van der Waals surface area contributed by atoms with Crippen LogP contribution in [-0.2, 0) is 18.4 Å². The van der Waals surface area contributed by atoms with E-state index in [9.17, 15) is 9.90 Å². The summed E-state index contributed by atoms with van der Waals surface area (Å²) in [7, 11) is 1.80. The van der Waals surface area contributed by atoms with Gasteiger partial charge in [-0.2, -0.15) is 5.10 Å². The van der Waals surface area contributed by atoms with Gasteiger partial charge in [0.15, 0.2) is 0 Å². The summed E-state index contributed by atoms with van der Waals surface area (Å²) in [5.41, 5.74) is 1.57. The van der Waals surface area contributed by atoms with Crippen molar-refractivity contribution in [1.29, 1.82) is 0 Å². The number of hydrogen-bond acceptors (Lipinski definition) is 4. The summed E-state index contributed by atoms with van der Waals surface area (Å²) in [4.78, 5) is 12.4. The third-order valence-electron chi connectivity index (χ3n) is 2.89. The van der Waals surface area contributed by atoms with Crippen LogP contribution in [0.25, 0.3) is 0 Å². The zero-order valence-electron chi connectivity index (χ0n) is 10.3. The summed E-state index contributed by atoms with van der Waals surface area (Å²) >= 11 is 1.60. The summed E-state index contributed by atoms with van der Waals surface area (Å²) in [6, 6.07) is 3.21. The number of rotatable bonds is 5. The Morgan fingerprint density at radius 1 is 1.67 bits per heavy atom. The van der Waals surface area contributed by atoms with Crippen LogP contribution in [0.4, 0.5) is 0 Å². The third-order valence-corrected chi connectivity index (χ3v) is 3.77. The molecule has 0 bridgehead atoms. The maximum atomic E-state index is 11.3. The van der Waals surface area contributed by atoms with Crippen molar-refractivity contribution < 1.29 is 9.90 Å². The first-order chi connectivity index (χ1) is 8.59. The number of thiophene rings is 1. The van der Waals surface area contributed by atoms with E-state index in [1.165, 1.54) is 0 Å². The summed E-state index contributed by atoms with van der Waals surface area (Å²) < 4.78 is 1.68. The molecule has 0 radical (unpaired) electrons. The number of carboxylic acid groups (broad SMARTS) is 1. The predicted octanol–water partition coefficient (Wildman–Crippen LogP) is 1.71. The van der Waals surface area contributed by atoms with Crippen LogP contribution in [0.3, 0.4) is 0 Å². The molecule has 0 aromatic carbocycles. The van der Waals surface area contributed by atoms with Gasteiger partial charge in [-0.15, -0.1) is 11.3 Å². The molecule has 2 aromatic rings. The average molecular weight is 265 g/mol. The normalized spacial score (nSPS) is 12.6. The molecule has 0 aliphatic carbocycles. The van der Waals surface area contributed by atoms with Gasteiger partial charge in [0.1, 0.15) is 6.04 Å². The first-order valence-electron chi connectivity index (χ1n) is 5.56. The van der Waals surface area contributed by atoms with Gasteiger partial charge in [0.2, 0.25) is 0 Å². The number of nitrogens with one attached hydrogen (secondary N) is 1. The van der Waals surface area contributed by atoms with Crippen molar-refractivity contribution in [2.75, 3.05) is 0 Å². The van der Waals surface area contributed by atoms with Crippen molar-refractivity contribution in [3.63, 3.8) is 0 Å². The van der Waals surface area contributed by atoms with Crippen LogP contribution in [0.5, 0.6) is 0 Å². The van der Waals surface area contributed by atoms with E-state index in [0.717, 1.165) is 10.6 Å². The minimum atomic E-state index is -0.886. The summed E-state index contributed by atoms with van der Waals surface area (Å²) in [6.45, 7) is 2.41. The number of hydrogen-bond donors (Lipinski definition) is 2. The maximum Gasteiger partial charge on any atom is 0.325 e. The molecule has 6 heteroatoms. The molecule has 5 nitrogen and oxygen atoms in total. The first-order valence-corrected chi connectivity index (χ1v) is 6.44. The Kier molecular flexibility index (Phi) is 3.78. The Labute approximate surface area is 109 Å². The lowest BCUT2D eigenvalue weighted by Crippen LogP contribution is -2.28. The molecule has 0 saturated carbocycles. The highest BCUT2D eigenvalue weighted by atomic mass is 32.1. The van der Waals surface area contributed by atoms with Crippen LogP contribution in [-0.4, -0.2) is 20.9 Å². The first kappa shape index (κ1) is 12.8. The molecule has 0 amide bonds. The SMILES string of the molecule is Cc1c(C(NCc2cccs2)C(=O)O)cnn1C. The number of aromatic nitrogens is 2. The van der Waals surface area contributed by atoms with Crippen molar-refractivity contribution >= 4 is 17.3 Å². The van der Waals surface area contributed by atoms with Crippen molar-refractivity contribution in [2.24, 2.45) is 7.05 Å². The quantitative estimate of drug-likeness (QED) is 0.863. The summed E-state index contributed by atoms with van der Waals surface area (Å²) in [5, 5.41) is 18.4. The molecule has 18 heavy (non-hydrogen) atoms. The topological polar surface area (TPSA) is 67.2 Å². The van der Waals surface area contributed by atoms with Crippen molar-refractivity contribution in [3.05, 3.63) is 39.8 Å². The number of carbonyl (C=O) groups is 1. The molecule has 0 saturated heterocycles. The molecular formula is C12H15N3O2S. The molecule has 2 rings (SSSR count). The molecule has 0 aliphatic rings. The Bertz CT molecular complexity index is 534. The maximum absolute atomic E-state index is 11.3. The predicted molar refractivity (Wildman–Crippen MR) is 69.5 cm³/mol. The Hall–Kier alpha value is -1.66. The van der Waals surface area contributed by atoms with E-state index in [1.807, 2.05) is 24.4 Å². The van der Waals surface area contributed by atoms with Crippen LogP contribution < -0.4 is 5.32 Å². The van der Waals surface area contributed by atoms with Crippen LogP contribution >= 0.6 is 11.3 Å². The second-order valence-electron chi connectivity index (χ2n) is 4.04. The van der Waals surface area contributed by atoms with E-state index in [4.69, 9.17) is 0 Å². The lowest BCUT2D eigenvalue weighted by atomic mass is 10.1. The molecule has 96 valence electrons. The number of aryl methyl sites for hydroxylation is 1. The van der Waals surface area contributed by atoms with Gasteiger partial charge in [-0.25, -0.2) is 0 Å². The minimum absolute atomic E-state index is 0.545. The molecular weight excluding hydrogens is 250 g/mol. The highest BCUT2D eigenvalue weighted by Crippen LogP contribution is 2.18. The van der Waals surface area contributed by atoms with E-state index in [2.05, 4.69) is 10.4 Å². The van der Waals surface area contributed by atoms with Gasteiger partial charge in [-0.1, -0.05) is 6.07 Å². The Balaban J connectivity index is 2.14. The van der Waals surface area contributed by atoms with E-state index in [-0.39, 0.29) is 0 Å². The van der Waals surface area contributed by atoms with Gasteiger partial charge < -0.3 is 5.11 Å². The molecule has 2 N–H and O–H groups in total. The molecule has 0 spiro atoms. The minimum Gasteiger partial charge on any atom is -0.480 e. The van der Waals surface area contributed by atoms with Crippen LogP contribution in [0.2, 0.25) is 0 Å². The average Bonchev–Trinajstić information content (AvgIpc) is 2.93. The third kappa shape index (κ3) is 2.60. The van der Waals surface area contributed by atoms with Gasteiger partial charge in [0.25, 0.3) is 0 Å². The zero-order valence-corrected chi connectivity index (χ0v) is 11.1. The molecule has 0 aliphatic heterocycles. The second kappa shape index (κ2) is 5.32. The number of carboxylic acids is 1. The smallest absolute Gasteiger partial charge is 0.325 e. The number of nitrogens with zero attached hydrogens (tertiary/aromatic N) is 2. The van der Waals surface area contributed by atoms with Crippen LogP contribution in [0, 0.1) is 6.92 Å². The Morgan fingerprint density at radius 2 is 2.44 bits per heavy atom. The fraction of sp³-hybridized carbons (Fsp3) is 0.333. The van der Waals surface area contributed by atoms with E-state index < -0.39 is 12.0 Å². The van der Waals surface area contributed by atoms with Crippen LogP contribution in [0.15, 0.2) is 23.7 Å². The molecule has 0 fully saturated rings. The zero-order chi connectivity index (χ0) is 13.1. The van der Waals surface area contributed by atoms with Gasteiger partial charge in [-0.3, -0.25) is 14.8 Å². The monoisotopic (exact) mass is 265 g/mol. The van der Waals surface area contributed by atoms with Gasteiger partial charge >= 0.3 is 5.97 Å². The van der Waals surface area contributed by atoms with E-state index in [1.54, 1.807) is 29.3 Å². The lowest BCUT2D eigenvalue weighted by molar-refractivity contribution is -0.139. The van der Waals surface area contributed by atoms with Gasteiger partial charge in [-0.05, 0) is 18.4 Å². The van der Waals surface area contributed by atoms with Crippen molar-refractivity contribution in [1.82, 2.24) is 15.1 Å². The van der Waals surface area contributed by atoms with Gasteiger partial charge in [0, 0.05) is 29.7 Å². The molecule has 2 aromatic heterocycles. The van der Waals surface area contributed by atoms with Crippen molar-refractivity contribution in [3.8, 4) is 0 Å². The van der Waals surface area contributed by atoms with Crippen LogP contribution in [0.1, 0.15) is 22.2 Å². The summed E-state index contributed by atoms with van der Waals surface area (Å²) in [5.74, 6) is -0.886. The fourth-order valence-corrected chi connectivity index (χ4v) is 2.40. The highest BCUT2D eigenvalue weighted by Gasteiger charge is 2.23. The fourth-order valence-electron chi connectivity index (χ4n) is 1.75. The molecule has 1 atom stereocenters. The largest absolute Gasteiger partial charge is 0.480 e. The second-order valence-corrected chi connectivity index (χ2v) is 5.07. The standard InChI is InChI=1S/C12H15N3O2S/c1-8-10(7-14-15(8)2)11(12(16)17)13-6-9-4-3-5-18-9/h3-5,7,11,13H,6H2,1-2H3,(H,16,17). The van der Waals surface area contributed by atoms with E-state index in [0.29, 0.717) is 12.1 Å². The van der Waals surface area contributed by atoms with Gasteiger partial charge in [0.05, 0.1) is 6.20 Å². The lowest BCUT2D eigenvalue weighted by Gasteiger charge is -2.13. The number of aliphatic carboxylic acids is 1. The van der Waals surface area contributed by atoms with Crippen molar-refractivity contribution in [2.45, 2.75) is 19.5 Å². The molecule has 1 unspecified atom stereocenters. The molecule has 2 heterocycles. The summed E-state index contributed by atoms with van der Waals surface area (Å²) in [6.07, 6.45) is 1.61.